The lowest BCUT2D eigenvalue weighted by Gasteiger charge is -2.11. The van der Waals surface area contributed by atoms with Gasteiger partial charge in [-0.25, -0.2) is 4.79 Å². The van der Waals surface area contributed by atoms with Crippen molar-refractivity contribution >= 4 is 35.0 Å². The van der Waals surface area contributed by atoms with Gasteiger partial charge in [-0.3, -0.25) is 4.79 Å². The van der Waals surface area contributed by atoms with Crippen LogP contribution in [0.25, 0.3) is 0 Å². The smallest absolute Gasteiger partial charge is 0.326 e. The first-order valence-corrected chi connectivity index (χ1v) is 6.41. The highest BCUT2D eigenvalue weighted by Crippen LogP contribution is 2.18. The van der Waals surface area contributed by atoms with Crippen LogP contribution in [0.2, 0.25) is 0 Å². The highest BCUT2D eigenvalue weighted by molar-refractivity contribution is 8.01. The highest BCUT2D eigenvalue weighted by atomic mass is 32.2. The summed E-state index contributed by atoms with van der Waals surface area (Å²) in [4.78, 5) is 22.0. The van der Waals surface area contributed by atoms with Crippen molar-refractivity contribution in [1.82, 2.24) is 15.5 Å². The Kier molecular flexibility index (Phi) is 5.20. The summed E-state index contributed by atoms with van der Waals surface area (Å²) in [7, 11) is 0. The molecule has 1 rings (SSSR count). The molecule has 0 aliphatic carbocycles. The molecule has 0 fully saturated rings. The number of thioether (sulfide) groups is 1. The van der Waals surface area contributed by atoms with E-state index >= 15 is 0 Å². The zero-order valence-electron chi connectivity index (χ0n) is 8.54. The fourth-order valence-corrected chi connectivity index (χ4v) is 2.23. The largest absolute Gasteiger partial charge is 0.480 e. The summed E-state index contributed by atoms with van der Waals surface area (Å²) in [5, 5.41) is 18.5. The molecule has 0 saturated carbocycles. The van der Waals surface area contributed by atoms with Crippen LogP contribution in [0, 0.1) is 0 Å². The predicted molar refractivity (Wildman–Crippen MR) is 60.5 cm³/mol. The van der Waals surface area contributed by atoms with Crippen LogP contribution in [-0.2, 0) is 9.59 Å². The van der Waals surface area contributed by atoms with Gasteiger partial charge in [-0.15, -0.1) is 10.2 Å². The van der Waals surface area contributed by atoms with Crippen molar-refractivity contribution in [2.75, 3.05) is 5.75 Å². The van der Waals surface area contributed by atoms with Gasteiger partial charge in [0.25, 0.3) is 0 Å². The number of nitrogens with zero attached hydrogens (tertiary/aromatic N) is 2. The Morgan fingerprint density at radius 1 is 1.69 bits per heavy atom. The Morgan fingerprint density at radius 2 is 2.44 bits per heavy atom. The molecule has 1 unspecified atom stereocenters. The van der Waals surface area contributed by atoms with Crippen LogP contribution >= 0.6 is 23.1 Å². The number of carbonyl (C=O) groups is 2. The normalized spacial score (nSPS) is 12.1. The number of hydrogen-bond donors (Lipinski definition) is 2. The summed E-state index contributed by atoms with van der Waals surface area (Å²) in [6.07, 6.45) is 0.366. The summed E-state index contributed by atoms with van der Waals surface area (Å²) in [5.41, 5.74) is 1.58. The number of carboxylic acids is 1. The van der Waals surface area contributed by atoms with E-state index in [0.717, 1.165) is 0 Å². The fraction of sp³-hybridized carbons (Fsp3) is 0.500. The summed E-state index contributed by atoms with van der Waals surface area (Å²) in [6.45, 7) is 1.71. The molecule has 1 amide bonds. The van der Waals surface area contributed by atoms with E-state index in [-0.39, 0.29) is 11.7 Å². The molecule has 2 N–H and O–H groups in total. The van der Waals surface area contributed by atoms with Crippen molar-refractivity contribution in [1.29, 1.82) is 0 Å². The second-order valence-electron chi connectivity index (χ2n) is 2.86. The van der Waals surface area contributed by atoms with E-state index in [1.807, 2.05) is 0 Å². The lowest BCUT2D eigenvalue weighted by atomic mass is 10.2. The molecule has 0 saturated heterocycles. The van der Waals surface area contributed by atoms with Crippen molar-refractivity contribution < 1.29 is 14.7 Å². The van der Waals surface area contributed by atoms with E-state index in [0.29, 0.717) is 10.8 Å². The van der Waals surface area contributed by atoms with Crippen molar-refractivity contribution in [2.24, 2.45) is 0 Å². The van der Waals surface area contributed by atoms with E-state index < -0.39 is 12.0 Å². The number of carbonyl (C=O) groups excluding carboxylic acids is 1. The number of aliphatic carboxylic acids is 1. The van der Waals surface area contributed by atoms with Gasteiger partial charge in [0.2, 0.25) is 5.91 Å². The quantitative estimate of drug-likeness (QED) is 0.729. The molecule has 16 heavy (non-hydrogen) atoms. The standard InChI is InChI=1S/C8H11N3O3S2/c1-2-5(7(13)14)10-6(12)3-15-8-11-9-4-16-8/h4-5H,2-3H2,1H3,(H,10,12)(H,13,14). The Morgan fingerprint density at radius 3 is 2.94 bits per heavy atom. The monoisotopic (exact) mass is 261 g/mol. The van der Waals surface area contributed by atoms with Gasteiger partial charge in [0.15, 0.2) is 4.34 Å². The Balaban J connectivity index is 2.33. The molecule has 0 aliphatic heterocycles. The van der Waals surface area contributed by atoms with Gasteiger partial charge in [-0.2, -0.15) is 0 Å². The second-order valence-corrected chi connectivity index (χ2v) is 4.92. The topological polar surface area (TPSA) is 92.2 Å². The van der Waals surface area contributed by atoms with Crippen LogP contribution in [0.15, 0.2) is 9.85 Å². The number of aromatic nitrogens is 2. The summed E-state index contributed by atoms with van der Waals surface area (Å²) in [6, 6.07) is -0.817. The van der Waals surface area contributed by atoms with E-state index in [9.17, 15) is 9.59 Å². The number of amides is 1. The third-order valence-corrected chi connectivity index (χ3v) is 3.57. The molecule has 0 aromatic carbocycles. The van der Waals surface area contributed by atoms with Gasteiger partial charge >= 0.3 is 5.97 Å². The number of hydrogen-bond acceptors (Lipinski definition) is 6. The molecule has 1 aromatic rings. The van der Waals surface area contributed by atoms with Crippen LogP contribution < -0.4 is 5.32 Å². The molecule has 0 spiro atoms. The molecule has 0 aliphatic rings. The van der Waals surface area contributed by atoms with Crippen molar-refractivity contribution in [3.63, 3.8) is 0 Å². The fourth-order valence-electron chi connectivity index (χ4n) is 0.928. The molecule has 1 heterocycles. The molecular formula is C8H11N3O3S2. The molecule has 1 aromatic heterocycles. The van der Waals surface area contributed by atoms with Crippen molar-refractivity contribution in [3.05, 3.63) is 5.51 Å². The number of carboxylic acid groups (broad SMARTS) is 1. The third kappa shape index (κ3) is 4.15. The minimum atomic E-state index is -1.02. The lowest BCUT2D eigenvalue weighted by molar-refractivity contribution is -0.141. The molecule has 0 radical (unpaired) electrons. The van der Waals surface area contributed by atoms with E-state index in [2.05, 4.69) is 15.5 Å². The maximum Gasteiger partial charge on any atom is 0.326 e. The summed E-state index contributed by atoms with van der Waals surface area (Å²) in [5.74, 6) is -1.18. The maximum atomic E-state index is 11.4. The van der Waals surface area contributed by atoms with Crippen LogP contribution in [0.1, 0.15) is 13.3 Å². The van der Waals surface area contributed by atoms with Crippen LogP contribution in [-0.4, -0.2) is 39.0 Å². The zero-order valence-corrected chi connectivity index (χ0v) is 10.2. The average Bonchev–Trinajstić information content (AvgIpc) is 2.75. The minimum absolute atomic E-state index is 0.152. The predicted octanol–water partition coefficient (Wildman–Crippen LogP) is 0.610. The van der Waals surface area contributed by atoms with E-state index in [1.165, 1.54) is 23.1 Å². The van der Waals surface area contributed by atoms with E-state index in [1.54, 1.807) is 12.4 Å². The maximum absolute atomic E-state index is 11.4. The molecule has 88 valence electrons. The van der Waals surface area contributed by atoms with Crippen LogP contribution in [0.5, 0.6) is 0 Å². The number of rotatable bonds is 6. The molecular weight excluding hydrogens is 250 g/mol. The van der Waals surface area contributed by atoms with E-state index in [4.69, 9.17) is 5.11 Å². The first-order chi connectivity index (χ1) is 7.63. The molecule has 0 bridgehead atoms. The Bertz CT molecular complexity index is 355. The molecule has 8 heteroatoms. The summed E-state index contributed by atoms with van der Waals surface area (Å²) >= 11 is 2.58. The minimum Gasteiger partial charge on any atom is -0.480 e. The van der Waals surface area contributed by atoms with Crippen LogP contribution in [0.3, 0.4) is 0 Å². The van der Waals surface area contributed by atoms with Gasteiger partial charge in [-0.1, -0.05) is 30.0 Å². The van der Waals surface area contributed by atoms with Gasteiger partial charge in [0.05, 0.1) is 5.75 Å². The second kappa shape index (κ2) is 6.44. The zero-order chi connectivity index (χ0) is 12.0. The van der Waals surface area contributed by atoms with Crippen LogP contribution in [0.4, 0.5) is 0 Å². The first-order valence-electron chi connectivity index (χ1n) is 4.54. The molecule has 1 atom stereocenters. The molecule has 6 nitrogen and oxygen atoms in total. The van der Waals surface area contributed by atoms with Crippen molar-refractivity contribution in [3.8, 4) is 0 Å². The first kappa shape index (κ1) is 12.9. The Hall–Kier alpha value is -1.15. The summed E-state index contributed by atoms with van der Waals surface area (Å²) < 4.78 is 0.693. The Labute approximate surface area is 100 Å². The lowest BCUT2D eigenvalue weighted by Crippen LogP contribution is -2.41. The average molecular weight is 261 g/mol. The van der Waals surface area contributed by atoms with Crippen molar-refractivity contribution in [2.45, 2.75) is 23.7 Å². The van der Waals surface area contributed by atoms with Gasteiger partial charge in [0.1, 0.15) is 11.6 Å². The third-order valence-electron chi connectivity index (χ3n) is 1.71. The van der Waals surface area contributed by atoms with Gasteiger partial charge in [-0.05, 0) is 6.42 Å². The highest BCUT2D eigenvalue weighted by Gasteiger charge is 2.17. The SMILES string of the molecule is CCC(NC(=O)CSc1nncs1)C(=O)O. The number of nitrogens with one attached hydrogen (secondary N) is 1. The van der Waals surface area contributed by atoms with Gasteiger partial charge in [0, 0.05) is 0 Å². The van der Waals surface area contributed by atoms with Gasteiger partial charge < -0.3 is 10.4 Å².